The summed E-state index contributed by atoms with van der Waals surface area (Å²) in [4.78, 5) is 35.7. The SMILES string of the molecule is Cc1ccc(OCCn2c(C)c(C=C3C(=O)NC(=O)NC3=O)c3ccccc32)cc1C. The predicted molar refractivity (Wildman–Crippen MR) is 118 cm³/mol. The number of benzene rings is 2. The maximum atomic E-state index is 12.2. The molecule has 0 aliphatic carbocycles. The molecule has 158 valence electrons. The van der Waals surface area contributed by atoms with Crippen LogP contribution in [-0.2, 0) is 16.1 Å². The van der Waals surface area contributed by atoms with Crippen LogP contribution in [0.15, 0.2) is 48.0 Å². The van der Waals surface area contributed by atoms with Crippen molar-refractivity contribution in [2.75, 3.05) is 6.61 Å². The molecule has 0 unspecified atom stereocenters. The number of rotatable bonds is 5. The van der Waals surface area contributed by atoms with Crippen LogP contribution in [0.2, 0.25) is 0 Å². The summed E-state index contributed by atoms with van der Waals surface area (Å²) in [5.74, 6) is -0.592. The van der Waals surface area contributed by atoms with Gasteiger partial charge < -0.3 is 9.30 Å². The highest BCUT2D eigenvalue weighted by atomic mass is 16.5. The van der Waals surface area contributed by atoms with Gasteiger partial charge >= 0.3 is 6.03 Å². The van der Waals surface area contributed by atoms with E-state index in [1.54, 1.807) is 0 Å². The number of nitrogens with zero attached hydrogens (tertiary/aromatic N) is 1. The molecule has 4 amide bonds. The van der Waals surface area contributed by atoms with Crippen LogP contribution in [-0.4, -0.2) is 29.0 Å². The van der Waals surface area contributed by atoms with Crippen LogP contribution in [0.1, 0.15) is 22.4 Å². The van der Waals surface area contributed by atoms with Gasteiger partial charge in [-0.3, -0.25) is 20.2 Å². The summed E-state index contributed by atoms with van der Waals surface area (Å²) in [7, 11) is 0. The number of ether oxygens (including phenoxy) is 1. The van der Waals surface area contributed by atoms with E-state index in [4.69, 9.17) is 4.74 Å². The number of fused-ring (bicyclic) bond motifs is 1. The van der Waals surface area contributed by atoms with Gasteiger partial charge in [0.05, 0.1) is 6.54 Å². The third-order valence-corrected chi connectivity index (χ3v) is 5.57. The van der Waals surface area contributed by atoms with Crippen molar-refractivity contribution < 1.29 is 19.1 Å². The average molecular weight is 417 g/mol. The molecule has 0 spiro atoms. The molecule has 0 radical (unpaired) electrons. The highest BCUT2D eigenvalue weighted by molar-refractivity contribution is 6.31. The van der Waals surface area contributed by atoms with E-state index < -0.39 is 17.8 Å². The van der Waals surface area contributed by atoms with Gasteiger partial charge in [-0.05, 0) is 56.2 Å². The minimum atomic E-state index is -0.810. The maximum absolute atomic E-state index is 12.2. The van der Waals surface area contributed by atoms with E-state index >= 15 is 0 Å². The fourth-order valence-corrected chi connectivity index (χ4v) is 3.74. The lowest BCUT2D eigenvalue weighted by Gasteiger charge is -2.14. The van der Waals surface area contributed by atoms with Gasteiger partial charge in [0.2, 0.25) is 0 Å². The number of aryl methyl sites for hydroxylation is 2. The highest BCUT2D eigenvalue weighted by Gasteiger charge is 2.28. The van der Waals surface area contributed by atoms with Crippen molar-refractivity contribution in [3.8, 4) is 5.75 Å². The molecule has 0 atom stereocenters. The zero-order valence-corrected chi connectivity index (χ0v) is 17.6. The summed E-state index contributed by atoms with van der Waals surface area (Å²) in [5, 5.41) is 5.13. The van der Waals surface area contributed by atoms with E-state index in [0.717, 1.165) is 27.9 Å². The van der Waals surface area contributed by atoms with Crippen LogP contribution in [0.25, 0.3) is 17.0 Å². The monoisotopic (exact) mass is 417 g/mol. The second-order valence-electron chi connectivity index (χ2n) is 7.56. The van der Waals surface area contributed by atoms with E-state index in [9.17, 15) is 14.4 Å². The fourth-order valence-electron chi connectivity index (χ4n) is 3.74. The maximum Gasteiger partial charge on any atom is 0.328 e. The van der Waals surface area contributed by atoms with Gasteiger partial charge in [-0.2, -0.15) is 0 Å². The Morgan fingerprint density at radius 3 is 2.35 bits per heavy atom. The summed E-state index contributed by atoms with van der Waals surface area (Å²) in [6.45, 7) is 7.11. The summed E-state index contributed by atoms with van der Waals surface area (Å²) >= 11 is 0. The zero-order valence-electron chi connectivity index (χ0n) is 17.6. The molecule has 31 heavy (non-hydrogen) atoms. The van der Waals surface area contributed by atoms with Gasteiger partial charge in [-0.1, -0.05) is 24.3 Å². The first kappa shape index (κ1) is 20.4. The molecule has 0 saturated carbocycles. The van der Waals surface area contributed by atoms with E-state index in [2.05, 4.69) is 29.0 Å². The van der Waals surface area contributed by atoms with Gasteiger partial charge in [0.1, 0.15) is 17.9 Å². The molecule has 1 fully saturated rings. The molecule has 2 N–H and O–H groups in total. The van der Waals surface area contributed by atoms with Crippen LogP contribution in [0.5, 0.6) is 5.75 Å². The molecule has 1 aliphatic heterocycles. The van der Waals surface area contributed by atoms with Crippen molar-refractivity contribution in [1.82, 2.24) is 15.2 Å². The van der Waals surface area contributed by atoms with Crippen LogP contribution >= 0.6 is 0 Å². The summed E-state index contributed by atoms with van der Waals surface area (Å²) in [6, 6.07) is 13.0. The molecule has 2 aromatic carbocycles. The van der Waals surface area contributed by atoms with Crippen molar-refractivity contribution in [3.63, 3.8) is 0 Å². The van der Waals surface area contributed by atoms with E-state index in [1.807, 2.05) is 49.4 Å². The molecular weight excluding hydrogens is 394 g/mol. The predicted octanol–water partition coefficient (Wildman–Crippen LogP) is 3.39. The van der Waals surface area contributed by atoms with Crippen molar-refractivity contribution in [3.05, 3.63) is 70.4 Å². The summed E-state index contributed by atoms with van der Waals surface area (Å²) in [6.07, 6.45) is 1.54. The van der Waals surface area contributed by atoms with Gasteiger partial charge in [-0.15, -0.1) is 0 Å². The first-order chi connectivity index (χ1) is 14.8. The van der Waals surface area contributed by atoms with E-state index in [1.165, 1.54) is 17.2 Å². The van der Waals surface area contributed by atoms with Crippen LogP contribution < -0.4 is 15.4 Å². The second-order valence-corrected chi connectivity index (χ2v) is 7.56. The van der Waals surface area contributed by atoms with E-state index in [0.29, 0.717) is 13.2 Å². The Balaban J connectivity index is 1.64. The highest BCUT2D eigenvalue weighted by Crippen LogP contribution is 2.28. The zero-order chi connectivity index (χ0) is 22.1. The van der Waals surface area contributed by atoms with Crippen LogP contribution in [0, 0.1) is 20.8 Å². The van der Waals surface area contributed by atoms with Crippen molar-refractivity contribution in [2.45, 2.75) is 27.3 Å². The van der Waals surface area contributed by atoms with E-state index in [-0.39, 0.29) is 5.57 Å². The van der Waals surface area contributed by atoms with Crippen molar-refractivity contribution >= 4 is 34.8 Å². The molecule has 1 aliphatic rings. The number of aromatic nitrogens is 1. The number of hydrogen-bond donors (Lipinski definition) is 2. The number of carbonyl (C=O) groups is 3. The average Bonchev–Trinajstić information content (AvgIpc) is 2.99. The van der Waals surface area contributed by atoms with Gasteiger partial charge in [0.15, 0.2) is 0 Å². The van der Waals surface area contributed by atoms with Crippen molar-refractivity contribution in [1.29, 1.82) is 0 Å². The molecule has 3 aromatic rings. The lowest BCUT2D eigenvalue weighted by molar-refractivity contribution is -0.123. The molecule has 7 heteroatoms. The molecule has 0 bridgehead atoms. The van der Waals surface area contributed by atoms with Gasteiger partial charge in [-0.25, -0.2) is 4.79 Å². The Labute approximate surface area is 179 Å². The van der Waals surface area contributed by atoms with Crippen LogP contribution in [0.3, 0.4) is 0 Å². The van der Waals surface area contributed by atoms with Crippen molar-refractivity contribution in [2.24, 2.45) is 0 Å². The molecule has 2 heterocycles. The molecule has 4 rings (SSSR count). The molecule has 1 aromatic heterocycles. The number of imide groups is 2. The lowest BCUT2D eigenvalue weighted by atomic mass is 10.1. The third-order valence-electron chi connectivity index (χ3n) is 5.57. The number of amides is 4. The minimum Gasteiger partial charge on any atom is -0.492 e. The number of carbonyl (C=O) groups excluding carboxylic acids is 3. The standard InChI is InChI=1S/C24H23N3O4/c1-14-8-9-17(12-15(14)2)31-11-10-27-16(3)19(18-6-4-5-7-21(18)27)13-20-22(28)25-24(30)26-23(20)29/h4-9,12-13H,10-11H2,1-3H3,(H2,25,26,28,29,30). The number of para-hydroxylation sites is 1. The Morgan fingerprint density at radius 1 is 0.935 bits per heavy atom. The quantitative estimate of drug-likeness (QED) is 0.492. The first-order valence-corrected chi connectivity index (χ1v) is 10.0. The molecular formula is C24H23N3O4. The summed E-state index contributed by atoms with van der Waals surface area (Å²) < 4.78 is 8.06. The van der Waals surface area contributed by atoms with Gasteiger partial charge in [0.25, 0.3) is 11.8 Å². The number of nitrogens with one attached hydrogen (secondary N) is 2. The number of urea groups is 1. The third kappa shape index (κ3) is 3.94. The fraction of sp³-hybridized carbons (Fsp3) is 0.208. The minimum absolute atomic E-state index is 0.100. The second kappa shape index (κ2) is 8.10. The largest absolute Gasteiger partial charge is 0.492 e. The lowest BCUT2D eigenvalue weighted by Crippen LogP contribution is -2.51. The van der Waals surface area contributed by atoms with Crippen LogP contribution in [0.4, 0.5) is 4.79 Å². The molecule has 1 saturated heterocycles. The number of hydrogen-bond acceptors (Lipinski definition) is 4. The Kier molecular flexibility index (Phi) is 5.33. The Bertz CT molecular complexity index is 1230. The Hall–Kier alpha value is -3.87. The normalized spacial score (nSPS) is 13.9. The number of barbiturate groups is 1. The smallest absolute Gasteiger partial charge is 0.328 e. The first-order valence-electron chi connectivity index (χ1n) is 10.0. The molecule has 7 nitrogen and oxygen atoms in total. The topological polar surface area (TPSA) is 89.4 Å². The summed E-state index contributed by atoms with van der Waals surface area (Å²) in [5.41, 5.74) is 4.93. The van der Waals surface area contributed by atoms with Gasteiger partial charge in [0, 0.05) is 22.2 Å². The Morgan fingerprint density at radius 2 is 1.65 bits per heavy atom.